The smallest absolute Gasteiger partial charge is 0.125 e. The molecule has 1 unspecified atom stereocenters. The second-order valence-electron chi connectivity index (χ2n) is 4.62. The highest BCUT2D eigenvalue weighted by atomic mass is 19.1. The van der Waals surface area contributed by atoms with Crippen LogP contribution in [0.2, 0.25) is 0 Å². The first-order valence-corrected chi connectivity index (χ1v) is 5.66. The maximum absolute atomic E-state index is 13.2. The molecule has 1 N–H and O–H groups in total. The van der Waals surface area contributed by atoms with E-state index in [0.717, 1.165) is 18.6 Å². The summed E-state index contributed by atoms with van der Waals surface area (Å²) >= 11 is 0. The normalized spacial score (nSPS) is 20.1. The summed E-state index contributed by atoms with van der Waals surface area (Å²) in [6.07, 6.45) is 0. The fourth-order valence-electron chi connectivity index (χ4n) is 2.83. The number of benzene rings is 1. The Morgan fingerprint density at radius 1 is 1.44 bits per heavy atom. The Kier molecular flexibility index (Phi) is 2.04. The second kappa shape index (κ2) is 3.32. The van der Waals surface area contributed by atoms with Gasteiger partial charge in [-0.3, -0.25) is 0 Å². The third kappa shape index (κ3) is 1.21. The highest BCUT2D eigenvalue weighted by Gasteiger charge is 2.23. The molecule has 0 bridgehead atoms. The molecule has 2 aromatic rings. The molecule has 0 saturated heterocycles. The summed E-state index contributed by atoms with van der Waals surface area (Å²) in [7, 11) is 2.03. The van der Waals surface area contributed by atoms with Crippen molar-refractivity contribution in [2.45, 2.75) is 19.4 Å². The minimum absolute atomic E-state index is 0.161. The second-order valence-corrected chi connectivity index (χ2v) is 4.62. The molecule has 2 heterocycles. The van der Waals surface area contributed by atoms with Gasteiger partial charge in [-0.1, -0.05) is 6.92 Å². The predicted molar refractivity (Wildman–Crippen MR) is 63.0 cm³/mol. The lowest BCUT2D eigenvalue weighted by Crippen LogP contribution is -2.27. The van der Waals surface area contributed by atoms with Crippen molar-refractivity contribution in [3.63, 3.8) is 0 Å². The fourth-order valence-corrected chi connectivity index (χ4v) is 2.83. The molecule has 1 aromatic carbocycles. The minimum Gasteiger partial charge on any atom is -0.347 e. The number of aromatic nitrogens is 1. The first-order valence-electron chi connectivity index (χ1n) is 5.66. The zero-order chi connectivity index (χ0) is 11.3. The molecule has 3 heteroatoms. The van der Waals surface area contributed by atoms with E-state index in [1.165, 1.54) is 16.6 Å². The predicted octanol–water partition coefficient (Wildman–Crippen LogP) is 2.52. The zero-order valence-corrected chi connectivity index (χ0v) is 9.55. The van der Waals surface area contributed by atoms with Gasteiger partial charge in [0, 0.05) is 37.1 Å². The molecule has 84 valence electrons. The van der Waals surface area contributed by atoms with E-state index in [1.807, 2.05) is 13.1 Å². The molecule has 3 rings (SSSR count). The molecule has 0 aliphatic carbocycles. The van der Waals surface area contributed by atoms with Crippen LogP contribution in [-0.4, -0.2) is 11.1 Å². The van der Waals surface area contributed by atoms with Crippen molar-refractivity contribution in [1.29, 1.82) is 0 Å². The van der Waals surface area contributed by atoms with Crippen LogP contribution in [0.5, 0.6) is 0 Å². The lowest BCUT2D eigenvalue weighted by Gasteiger charge is -2.21. The van der Waals surface area contributed by atoms with Gasteiger partial charge >= 0.3 is 0 Å². The number of rotatable bonds is 0. The minimum atomic E-state index is -0.161. The Labute approximate surface area is 94.1 Å². The maximum Gasteiger partial charge on any atom is 0.125 e. The molecule has 1 aliphatic heterocycles. The Hall–Kier alpha value is -1.35. The van der Waals surface area contributed by atoms with Gasteiger partial charge in [0.05, 0.1) is 5.52 Å². The molecule has 0 radical (unpaired) electrons. The summed E-state index contributed by atoms with van der Waals surface area (Å²) in [5.74, 6) is 0.329. The molecule has 0 fully saturated rings. The van der Waals surface area contributed by atoms with Crippen molar-refractivity contribution in [3.8, 4) is 0 Å². The average Bonchev–Trinajstić information content (AvgIpc) is 2.54. The van der Waals surface area contributed by atoms with Crippen LogP contribution in [0.15, 0.2) is 18.2 Å². The van der Waals surface area contributed by atoms with E-state index in [0.29, 0.717) is 5.92 Å². The Morgan fingerprint density at radius 3 is 3.06 bits per heavy atom. The van der Waals surface area contributed by atoms with Crippen LogP contribution in [0.1, 0.15) is 24.1 Å². The van der Waals surface area contributed by atoms with Gasteiger partial charge < -0.3 is 9.88 Å². The molecule has 1 aliphatic rings. The summed E-state index contributed by atoms with van der Waals surface area (Å²) < 4.78 is 15.4. The summed E-state index contributed by atoms with van der Waals surface area (Å²) in [5.41, 5.74) is 3.68. The van der Waals surface area contributed by atoms with Crippen LogP contribution in [0.25, 0.3) is 10.9 Å². The van der Waals surface area contributed by atoms with Crippen molar-refractivity contribution in [3.05, 3.63) is 35.3 Å². The van der Waals surface area contributed by atoms with E-state index in [1.54, 1.807) is 12.1 Å². The van der Waals surface area contributed by atoms with Gasteiger partial charge in [-0.25, -0.2) is 4.39 Å². The Morgan fingerprint density at radius 2 is 2.25 bits per heavy atom. The number of aryl methyl sites for hydroxylation is 1. The SMILES string of the molecule is CC1CNCc2c1n(C)c1cc(F)ccc21. The largest absolute Gasteiger partial charge is 0.347 e. The van der Waals surface area contributed by atoms with E-state index in [2.05, 4.69) is 16.8 Å². The van der Waals surface area contributed by atoms with Crippen LogP contribution in [-0.2, 0) is 13.6 Å². The third-order valence-corrected chi connectivity index (χ3v) is 3.54. The van der Waals surface area contributed by atoms with Gasteiger partial charge in [0.25, 0.3) is 0 Å². The molecule has 0 saturated carbocycles. The molecule has 1 atom stereocenters. The number of nitrogens with one attached hydrogen (secondary N) is 1. The Balaban J connectivity index is 2.38. The molecule has 0 spiro atoms. The molecular weight excluding hydrogens is 203 g/mol. The number of hydrogen-bond acceptors (Lipinski definition) is 1. The van der Waals surface area contributed by atoms with Gasteiger partial charge in [-0.05, 0) is 23.8 Å². The van der Waals surface area contributed by atoms with Gasteiger partial charge in [0.1, 0.15) is 5.82 Å². The van der Waals surface area contributed by atoms with Crippen LogP contribution in [0.4, 0.5) is 4.39 Å². The number of nitrogens with zero attached hydrogens (tertiary/aromatic N) is 1. The van der Waals surface area contributed by atoms with Crippen molar-refractivity contribution >= 4 is 10.9 Å². The van der Waals surface area contributed by atoms with E-state index in [4.69, 9.17) is 0 Å². The molecule has 1 aromatic heterocycles. The molecule has 16 heavy (non-hydrogen) atoms. The molecule has 2 nitrogen and oxygen atoms in total. The van der Waals surface area contributed by atoms with Crippen molar-refractivity contribution in [2.75, 3.05) is 6.54 Å². The van der Waals surface area contributed by atoms with E-state index in [-0.39, 0.29) is 5.82 Å². The summed E-state index contributed by atoms with van der Waals surface area (Å²) in [4.78, 5) is 0. The average molecular weight is 218 g/mol. The van der Waals surface area contributed by atoms with Crippen molar-refractivity contribution in [2.24, 2.45) is 7.05 Å². The maximum atomic E-state index is 13.2. The highest BCUT2D eigenvalue weighted by molar-refractivity contribution is 5.86. The standard InChI is InChI=1S/C13H15FN2/c1-8-6-15-7-11-10-4-3-9(14)5-12(10)16(2)13(8)11/h3-5,8,15H,6-7H2,1-2H3. The van der Waals surface area contributed by atoms with Crippen LogP contribution in [0, 0.1) is 5.82 Å². The van der Waals surface area contributed by atoms with Gasteiger partial charge in [-0.2, -0.15) is 0 Å². The quantitative estimate of drug-likeness (QED) is 0.719. The number of hydrogen-bond donors (Lipinski definition) is 1. The van der Waals surface area contributed by atoms with E-state index in [9.17, 15) is 4.39 Å². The Bertz CT molecular complexity index is 557. The van der Waals surface area contributed by atoms with Crippen LogP contribution < -0.4 is 5.32 Å². The van der Waals surface area contributed by atoms with Gasteiger partial charge in [0.15, 0.2) is 0 Å². The first-order chi connectivity index (χ1) is 7.68. The van der Waals surface area contributed by atoms with Gasteiger partial charge in [0.2, 0.25) is 0 Å². The monoisotopic (exact) mass is 218 g/mol. The van der Waals surface area contributed by atoms with E-state index < -0.39 is 0 Å². The molecular formula is C13H15FN2. The number of fused-ring (bicyclic) bond motifs is 3. The van der Waals surface area contributed by atoms with Crippen LogP contribution in [0.3, 0.4) is 0 Å². The van der Waals surface area contributed by atoms with E-state index >= 15 is 0 Å². The lowest BCUT2D eigenvalue weighted by atomic mass is 9.98. The van der Waals surface area contributed by atoms with Gasteiger partial charge in [-0.15, -0.1) is 0 Å². The fraction of sp³-hybridized carbons (Fsp3) is 0.385. The highest BCUT2D eigenvalue weighted by Crippen LogP contribution is 2.32. The van der Waals surface area contributed by atoms with Crippen molar-refractivity contribution < 1.29 is 4.39 Å². The summed E-state index contributed by atoms with van der Waals surface area (Å²) in [6, 6.07) is 5.06. The lowest BCUT2D eigenvalue weighted by molar-refractivity contribution is 0.547. The number of halogens is 1. The summed E-state index contributed by atoms with van der Waals surface area (Å²) in [6.45, 7) is 4.10. The van der Waals surface area contributed by atoms with Crippen molar-refractivity contribution in [1.82, 2.24) is 9.88 Å². The summed E-state index contributed by atoms with van der Waals surface area (Å²) in [5, 5.41) is 4.58. The first kappa shape index (κ1) is 9.85. The van der Waals surface area contributed by atoms with Crippen LogP contribution >= 0.6 is 0 Å². The zero-order valence-electron chi connectivity index (χ0n) is 9.55. The topological polar surface area (TPSA) is 17.0 Å². The third-order valence-electron chi connectivity index (χ3n) is 3.54. The molecule has 0 amide bonds.